The van der Waals surface area contributed by atoms with Gasteiger partial charge < -0.3 is 4.42 Å². The molecule has 9 aromatic rings. The highest BCUT2D eigenvalue weighted by Gasteiger charge is 2.21. The van der Waals surface area contributed by atoms with Crippen molar-refractivity contribution in [3.63, 3.8) is 0 Å². The summed E-state index contributed by atoms with van der Waals surface area (Å²) in [6.07, 6.45) is 0. The Bertz CT molecular complexity index is 2390. The van der Waals surface area contributed by atoms with Crippen molar-refractivity contribution < 1.29 is 4.42 Å². The van der Waals surface area contributed by atoms with Gasteiger partial charge in [-0.2, -0.15) is 0 Å². The molecule has 0 bridgehead atoms. The van der Waals surface area contributed by atoms with E-state index in [0.29, 0.717) is 0 Å². The van der Waals surface area contributed by atoms with Gasteiger partial charge in [-0.05, 0) is 55.9 Å². The lowest BCUT2D eigenvalue weighted by atomic mass is 9.85. The van der Waals surface area contributed by atoms with Gasteiger partial charge in [0, 0.05) is 26.4 Å². The summed E-state index contributed by atoms with van der Waals surface area (Å²) in [4.78, 5) is 0. The van der Waals surface area contributed by atoms with Crippen LogP contribution >= 0.6 is 11.3 Å². The Hall–Kier alpha value is -5.18. The summed E-state index contributed by atoms with van der Waals surface area (Å²) in [7, 11) is 0. The van der Waals surface area contributed by atoms with E-state index in [0.717, 1.165) is 22.3 Å². The highest BCUT2D eigenvalue weighted by Crippen LogP contribution is 2.49. The average Bonchev–Trinajstić information content (AvgIpc) is 3.66. The summed E-state index contributed by atoms with van der Waals surface area (Å²) >= 11 is 1.83. The molecule has 2 aromatic heterocycles. The maximum Gasteiger partial charge on any atom is 0.152 e. The molecule has 0 atom stereocenters. The lowest BCUT2D eigenvalue weighted by molar-refractivity contribution is 0.635. The van der Waals surface area contributed by atoms with E-state index in [1.807, 2.05) is 17.4 Å². The van der Waals surface area contributed by atoms with Crippen molar-refractivity contribution in [2.45, 2.75) is 0 Å². The predicted molar refractivity (Wildman–Crippen MR) is 180 cm³/mol. The Morgan fingerprint density at radius 1 is 0.452 bits per heavy atom. The first-order valence-electron chi connectivity index (χ1n) is 14.3. The average molecular weight is 553 g/mol. The van der Waals surface area contributed by atoms with Gasteiger partial charge in [-0.3, -0.25) is 0 Å². The Morgan fingerprint density at radius 2 is 1.05 bits per heavy atom. The van der Waals surface area contributed by atoms with Crippen molar-refractivity contribution in [1.82, 2.24) is 0 Å². The van der Waals surface area contributed by atoms with Crippen molar-refractivity contribution >= 4 is 64.0 Å². The van der Waals surface area contributed by atoms with Crippen LogP contribution in [-0.2, 0) is 0 Å². The fourth-order valence-corrected chi connectivity index (χ4v) is 7.89. The van der Waals surface area contributed by atoms with Gasteiger partial charge in [-0.1, -0.05) is 133 Å². The van der Waals surface area contributed by atoms with Crippen LogP contribution in [-0.4, -0.2) is 0 Å². The fourth-order valence-electron chi connectivity index (χ4n) is 6.67. The number of rotatable bonds is 3. The molecule has 9 rings (SSSR count). The first-order valence-corrected chi connectivity index (χ1v) is 15.1. The van der Waals surface area contributed by atoms with E-state index < -0.39 is 0 Å². The molecule has 42 heavy (non-hydrogen) atoms. The van der Waals surface area contributed by atoms with Crippen LogP contribution in [0.3, 0.4) is 0 Å². The molecular weight excluding hydrogens is 529 g/mol. The molecule has 0 saturated heterocycles. The highest BCUT2D eigenvalue weighted by molar-refractivity contribution is 7.26. The van der Waals surface area contributed by atoms with Crippen LogP contribution in [0.2, 0.25) is 0 Å². The lowest BCUT2D eigenvalue weighted by Gasteiger charge is -2.18. The van der Waals surface area contributed by atoms with E-state index in [4.69, 9.17) is 4.42 Å². The lowest BCUT2D eigenvalue weighted by Crippen LogP contribution is -1.91. The molecule has 0 aliphatic heterocycles. The first-order chi connectivity index (χ1) is 20.8. The quantitative estimate of drug-likeness (QED) is 0.199. The summed E-state index contributed by atoms with van der Waals surface area (Å²) in [5.41, 5.74) is 7.15. The van der Waals surface area contributed by atoms with Gasteiger partial charge >= 0.3 is 0 Å². The number of hydrogen-bond donors (Lipinski definition) is 0. The molecule has 0 radical (unpaired) electrons. The van der Waals surface area contributed by atoms with E-state index in [9.17, 15) is 0 Å². The molecule has 7 aromatic carbocycles. The van der Waals surface area contributed by atoms with Gasteiger partial charge in [0.15, 0.2) is 5.58 Å². The molecule has 2 heterocycles. The smallest absolute Gasteiger partial charge is 0.152 e. The zero-order valence-electron chi connectivity index (χ0n) is 22.7. The molecule has 0 saturated carbocycles. The molecule has 0 N–H and O–H groups in total. The number of thiophene rings is 1. The summed E-state index contributed by atoms with van der Waals surface area (Å²) in [6.45, 7) is 0. The Kier molecular flexibility index (Phi) is 5.13. The molecule has 0 amide bonds. The zero-order valence-corrected chi connectivity index (χ0v) is 23.5. The normalized spacial score (nSPS) is 11.8. The summed E-state index contributed by atoms with van der Waals surface area (Å²) in [6, 6.07) is 52.3. The predicted octanol–water partition coefficient (Wildman–Crippen LogP) is 12.1. The second-order valence-corrected chi connectivity index (χ2v) is 11.9. The first kappa shape index (κ1) is 23.5. The van der Waals surface area contributed by atoms with Gasteiger partial charge in [0.25, 0.3) is 0 Å². The van der Waals surface area contributed by atoms with Gasteiger partial charge in [-0.15, -0.1) is 11.3 Å². The van der Waals surface area contributed by atoms with Crippen molar-refractivity contribution in [2.75, 3.05) is 0 Å². The number of fused-ring (bicyclic) bond motifs is 7. The number of hydrogen-bond acceptors (Lipinski definition) is 2. The van der Waals surface area contributed by atoms with Gasteiger partial charge in [0.05, 0.1) is 4.70 Å². The Balaban J connectivity index is 1.39. The minimum Gasteiger partial charge on any atom is -0.455 e. The largest absolute Gasteiger partial charge is 0.455 e. The Morgan fingerprint density at radius 3 is 1.71 bits per heavy atom. The topological polar surface area (TPSA) is 13.1 Å². The fraction of sp³-hybridized carbons (Fsp3) is 0. The molecule has 0 fully saturated rings. The maximum absolute atomic E-state index is 6.56. The van der Waals surface area contributed by atoms with E-state index in [2.05, 4.69) is 140 Å². The second kappa shape index (κ2) is 9.17. The maximum atomic E-state index is 6.56. The van der Waals surface area contributed by atoms with Crippen molar-refractivity contribution in [1.29, 1.82) is 0 Å². The van der Waals surface area contributed by atoms with Crippen molar-refractivity contribution in [2.24, 2.45) is 0 Å². The molecule has 196 valence electrons. The van der Waals surface area contributed by atoms with Crippen LogP contribution < -0.4 is 0 Å². The molecule has 0 unspecified atom stereocenters. The van der Waals surface area contributed by atoms with E-state index in [1.54, 1.807) is 0 Å². The third kappa shape index (κ3) is 3.43. The second-order valence-electron chi connectivity index (χ2n) is 10.8. The number of benzene rings is 7. The molecule has 2 heteroatoms. The van der Waals surface area contributed by atoms with Gasteiger partial charge in [0.1, 0.15) is 5.76 Å². The third-order valence-electron chi connectivity index (χ3n) is 8.47. The highest BCUT2D eigenvalue weighted by atomic mass is 32.1. The van der Waals surface area contributed by atoms with Crippen LogP contribution in [0.5, 0.6) is 0 Å². The van der Waals surface area contributed by atoms with Crippen LogP contribution in [0.15, 0.2) is 150 Å². The SMILES string of the molecule is c1ccc(-c2cc3ccc4c(sc5cccc(-c6c7ccccc7c(-c7ccccc7)c7ccccc67)c54)c3o2)cc1. The standard InChI is InChI=1S/C40H24OS/c1-3-12-25(13-4-1)34-24-27-22-23-33-38-32(20-11-21-35(38)42-40(33)39(27)41-34)37-30-18-9-7-16-28(30)36(26-14-5-2-6-15-26)29-17-8-10-19-31(29)37/h1-24H. The van der Waals surface area contributed by atoms with Crippen LogP contribution in [0, 0.1) is 0 Å². The number of furan rings is 1. The molecule has 0 aliphatic rings. The summed E-state index contributed by atoms with van der Waals surface area (Å²) in [5.74, 6) is 0.907. The van der Waals surface area contributed by atoms with Crippen LogP contribution in [0.25, 0.3) is 86.3 Å². The third-order valence-corrected chi connectivity index (χ3v) is 9.64. The van der Waals surface area contributed by atoms with Crippen molar-refractivity contribution in [3.8, 4) is 33.6 Å². The monoisotopic (exact) mass is 552 g/mol. The minimum absolute atomic E-state index is 0.907. The summed E-state index contributed by atoms with van der Waals surface area (Å²) < 4.78 is 9.03. The van der Waals surface area contributed by atoms with E-state index >= 15 is 0 Å². The Labute approximate surface area is 246 Å². The van der Waals surface area contributed by atoms with Crippen molar-refractivity contribution in [3.05, 3.63) is 146 Å². The minimum atomic E-state index is 0.907. The van der Waals surface area contributed by atoms with Crippen LogP contribution in [0.1, 0.15) is 0 Å². The molecule has 0 spiro atoms. The summed E-state index contributed by atoms with van der Waals surface area (Å²) in [5, 5.41) is 8.76. The zero-order chi connectivity index (χ0) is 27.6. The molecule has 0 aliphatic carbocycles. The van der Waals surface area contributed by atoms with E-state index in [1.165, 1.54) is 64.0 Å². The van der Waals surface area contributed by atoms with Gasteiger partial charge in [-0.25, -0.2) is 0 Å². The van der Waals surface area contributed by atoms with Crippen LogP contribution in [0.4, 0.5) is 0 Å². The van der Waals surface area contributed by atoms with E-state index in [-0.39, 0.29) is 0 Å². The molecular formula is C40H24OS. The van der Waals surface area contributed by atoms with Gasteiger partial charge in [0.2, 0.25) is 0 Å². The molecule has 1 nitrogen and oxygen atoms in total.